The van der Waals surface area contributed by atoms with Crippen molar-refractivity contribution < 1.29 is 0 Å². The Labute approximate surface area is 76.3 Å². The fourth-order valence-electron chi connectivity index (χ4n) is 2.05. The zero-order valence-electron chi connectivity index (χ0n) is 8.47. The molecule has 0 radical (unpaired) electrons. The van der Waals surface area contributed by atoms with Crippen molar-refractivity contribution in [3.63, 3.8) is 0 Å². The summed E-state index contributed by atoms with van der Waals surface area (Å²) in [4.78, 5) is 2.36. The summed E-state index contributed by atoms with van der Waals surface area (Å²) < 4.78 is 0. The Bertz CT molecular complexity index is 108. The Hall–Kier alpha value is -0.0800. The maximum atomic E-state index is 3.17. The molecule has 0 spiro atoms. The monoisotopic (exact) mass is 170 g/mol. The molecule has 72 valence electrons. The molecular weight excluding hydrogens is 148 g/mol. The van der Waals surface area contributed by atoms with E-state index in [1.54, 1.807) is 0 Å². The minimum atomic E-state index is 1.02. The standard InChI is InChI=1S/C10H22N2/c1-11-9-12(2)8-7-10-5-3-4-6-10/h10-11H,3-9H2,1-2H3. The fraction of sp³-hybridized carbons (Fsp3) is 1.00. The van der Waals surface area contributed by atoms with Crippen molar-refractivity contribution in [1.82, 2.24) is 10.2 Å². The van der Waals surface area contributed by atoms with E-state index in [9.17, 15) is 0 Å². The highest BCUT2D eigenvalue weighted by Gasteiger charge is 2.14. The van der Waals surface area contributed by atoms with Crippen molar-refractivity contribution in [2.75, 3.05) is 27.3 Å². The summed E-state index contributed by atoms with van der Waals surface area (Å²) in [5, 5.41) is 3.17. The van der Waals surface area contributed by atoms with Crippen LogP contribution in [0.4, 0.5) is 0 Å². The highest BCUT2D eigenvalue weighted by molar-refractivity contribution is 4.68. The first kappa shape index (κ1) is 10.0. The highest BCUT2D eigenvalue weighted by atomic mass is 15.2. The smallest absolute Gasteiger partial charge is 0.0475 e. The van der Waals surface area contributed by atoms with Gasteiger partial charge in [0, 0.05) is 6.67 Å². The molecule has 0 aliphatic heterocycles. The van der Waals surface area contributed by atoms with Gasteiger partial charge in [-0.1, -0.05) is 25.7 Å². The maximum Gasteiger partial charge on any atom is 0.0475 e. The average Bonchev–Trinajstić information content (AvgIpc) is 2.53. The lowest BCUT2D eigenvalue weighted by molar-refractivity contribution is 0.288. The third kappa shape index (κ3) is 3.55. The van der Waals surface area contributed by atoms with Gasteiger partial charge in [-0.2, -0.15) is 0 Å². The predicted octanol–water partition coefficient (Wildman–Crippen LogP) is 1.68. The van der Waals surface area contributed by atoms with Crippen LogP contribution in [-0.4, -0.2) is 32.2 Å². The molecule has 2 nitrogen and oxygen atoms in total. The van der Waals surface area contributed by atoms with Gasteiger partial charge in [-0.05, 0) is 33.0 Å². The lowest BCUT2D eigenvalue weighted by atomic mass is 10.0. The molecule has 0 aromatic carbocycles. The molecule has 1 rings (SSSR count). The normalized spacial score (nSPS) is 19.2. The summed E-state index contributed by atoms with van der Waals surface area (Å²) in [6, 6.07) is 0. The highest BCUT2D eigenvalue weighted by Crippen LogP contribution is 2.27. The number of nitrogens with one attached hydrogen (secondary N) is 1. The molecule has 0 bridgehead atoms. The minimum Gasteiger partial charge on any atom is -0.307 e. The summed E-state index contributed by atoms with van der Waals surface area (Å²) in [7, 11) is 4.19. The van der Waals surface area contributed by atoms with Gasteiger partial charge in [0.2, 0.25) is 0 Å². The van der Waals surface area contributed by atoms with E-state index in [4.69, 9.17) is 0 Å². The summed E-state index contributed by atoms with van der Waals surface area (Å²) in [6.45, 7) is 2.28. The first-order valence-corrected chi connectivity index (χ1v) is 5.16. The molecular formula is C10H22N2. The largest absolute Gasteiger partial charge is 0.307 e. The molecule has 1 N–H and O–H groups in total. The van der Waals surface area contributed by atoms with E-state index >= 15 is 0 Å². The van der Waals surface area contributed by atoms with Gasteiger partial charge in [-0.25, -0.2) is 0 Å². The summed E-state index contributed by atoms with van der Waals surface area (Å²) >= 11 is 0. The first-order chi connectivity index (χ1) is 5.83. The molecule has 0 aromatic heterocycles. The SMILES string of the molecule is CNCN(C)CCC1CCCC1. The van der Waals surface area contributed by atoms with Crippen LogP contribution in [0.3, 0.4) is 0 Å². The molecule has 0 unspecified atom stereocenters. The summed E-state index contributed by atoms with van der Waals surface area (Å²) in [6.07, 6.45) is 7.31. The van der Waals surface area contributed by atoms with Gasteiger partial charge in [0.1, 0.15) is 0 Å². The van der Waals surface area contributed by atoms with Gasteiger partial charge in [0.25, 0.3) is 0 Å². The van der Waals surface area contributed by atoms with E-state index in [1.165, 1.54) is 38.6 Å². The first-order valence-electron chi connectivity index (χ1n) is 5.16. The van der Waals surface area contributed by atoms with Gasteiger partial charge >= 0.3 is 0 Å². The van der Waals surface area contributed by atoms with E-state index in [-0.39, 0.29) is 0 Å². The Morgan fingerprint density at radius 3 is 2.58 bits per heavy atom. The lowest BCUT2D eigenvalue weighted by Crippen LogP contribution is -2.30. The van der Waals surface area contributed by atoms with Gasteiger partial charge in [-0.3, -0.25) is 4.90 Å². The maximum absolute atomic E-state index is 3.17. The van der Waals surface area contributed by atoms with Crippen molar-refractivity contribution in [3.05, 3.63) is 0 Å². The van der Waals surface area contributed by atoms with E-state index in [2.05, 4.69) is 17.3 Å². The van der Waals surface area contributed by atoms with Crippen LogP contribution in [0.15, 0.2) is 0 Å². The molecule has 2 heteroatoms. The third-order valence-corrected chi connectivity index (χ3v) is 2.82. The van der Waals surface area contributed by atoms with E-state index in [1.807, 2.05) is 7.05 Å². The summed E-state index contributed by atoms with van der Waals surface area (Å²) in [5.74, 6) is 1.03. The van der Waals surface area contributed by atoms with E-state index in [0.29, 0.717) is 0 Å². The molecule has 1 fully saturated rings. The second-order valence-corrected chi connectivity index (χ2v) is 4.03. The van der Waals surface area contributed by atoms with Gasteiger partial charge < -0.3 is 5.32 Å². The van der Waals surface area contributed by atoms with Crippen LogP contribution in [0, 0.1) is 5.92 Å². The van der Waals surface area contributed by atoms with E-state index < -0.39 is 0 Å². The molecule has 1 aliphatic carbocycles. The third-order valence-electron chi connectivity index (χ3n) is 2.82. The average molecular weight is 170 g/mol. The Kier molecular flexibility index (Phi) is 4.62. The van der Waals surface area contributed by atoms with Crippen LogP contribution in [0.5, 0.6) is 0 Å². The van der Waals surface area contributed by atoms with Crippen LogP contribution in [0.25, 0.3) is 0 Å². The molecule has 1 aliphatic rings. The number of nitrogens with zero attached hydrogens (tertiary/aromatic N) is 1. The van der Waals surface area contributed by atoms with Crippen LogP contribution in [0.2, 0.25) is 0 Å². The van der Waals surface area contributed by atoms with Crippen LogP contribution in [0.1, 0.15) is 32.1 Å². The fourth-order valence-corrected chi connectivity index (χ4v) is 2.05. The van der Waals surface area contributed by atoms with Crippen LogP contribution in [-0.2, 0) is 0 Å². The Balaban J connectivity index is 1.99. The van der Waals surface area contributed by atoms with Gasteiger partial charge in [0.15, 0.2) is 0 Å². The minimum absolute atomic E-state index is 1.02. The zero-order chi connectivity index (χ0) is 8.81. The predicted molar refractivity (Wildman–Crippen MR) is 53.1 cm³/mol. The molecule has 0 amide bonds. The van der Waals surface area contributed by atoms with Crippen molar-refractivity contribution in [2.24, 2.45) is 5.92 Å². The molecule has 0 atom stereocenters. The molecule has 0 aromatic rings. The Morgan fingerprint density at radius 2 is 2.00 bits per heavy atom. The topological polar surface area (TPSA) is 15.3 Å². The van der Waals surface area contributed by atoms with Crippen LogP contribution < -0.4 is 5.32 Å². The van der Waals surface area contributed by atoms with E-state index in [0.717, 1.165) is 12.6 Å². The van der Waals surface area contributed by atoms with Crippen molar-refractivity contribution in [2.45, 2.75) is 32.1 Å². The quantitative estimate of drug-likeness (QED) is 0.631. The van der Waals surface area contributed by atoms with Crippen LogP contribution >= 0.6 is 0 Å². The zero-order valence-corrected chi connectivity index (χ0v) is 8.47. The van der Waals surface area contributed by atoms with Crippen molar-refractivity contribution >= 4 is 0 Å². The molecule has 0 saturated heterocycles. The number of hydrogen-bond donors (Lipinski definition) is 1. The van der Waals surface area contributed by atoms with Crippen molar-refractivity contribution in [3.8, 4) is 0 Å². The number of rotatable bonds is 5. The second-order valence-electron chi connectivity index (χ2n) is 4.03. The van der Waals surface area contributed by atoms with Gasteiger partial charge in [-0.15, -0.1) is 0 Å². The van der Waals surface area contributed by atoms with Crippen molar-refractivity contribution in [1.29, 1.82) is 0 Å². The second kappa shape index (κ2) is 5.55. The molecule has 12 heavy (non-hydrogen) atoms. The van der Waals surface area contributed by atoms with Gasteiger partial charge in [0.05, 0.1) is 0 Å². The molecule has 0 heterocycles. The Morgan fingerprint density at radius 1 is 1.33 bits per heavy atom. The molecule has 1 saturated carbocycles. The number of hydrogen-bond acceptors (Lipinski definition) is 2. The summed E-state index contributed by atoms with van der Waals surface area (Å²) in [5.41, 5.74) is 0. The lowest BCUT2D eigenvalue weighted by Gasteiger charge is -2.17.